The van der Waals surface area contributed by atoms with Crippen LogP contribution in [0.25, 0.3) is 0 Å². The Kier molecular flexibility index (Phi) is 7.37. The zero-order valence-electron chi connectivity index (χ0n) is 18.4. The van der Waals surface area contributed by atoms with Gasteiger partial charge in [0.15, 0.2) is 0 Å². The Hall–Kier alpha value is -4.36. The molecule has 7 nitrogen and oxygen atoms in total. The fraction of sp³-hybridized carbons (Fsp3) is 0.111. The summed E-state index contributed by atoms with van der Waals surface area (Å²) in [5, 5.41) is 2.91. The van der Waals surface area contributed by atoms with Crippen molar-refractivity contribution in [2.45, 2.75) is 19.8 Å². The minimum Gasteiger partial charge on any atom is -0.488 e. The summed E-state index contributed by atoms with van der Waals surface area (Å²) in [7, 11) is 0. The van der Waals surface area contributed by atoms with E-state index in [9.17, 15) is 9.59 Å². The van der Waals surface area contributed by atoms with Crippen LogP contribution in [0.15, 0.2) is 95.6 Å². The third-order valence-corrected chi connectivity index (χ3v) is 5.01. The molecule has 0 aliphatic heterocycles. The molecule has 0 aliphatic rings. The van der Waals surface area contributed by atoms with E-state index in [0.29, 0.717) is 35.8 Å². The molecule has 0 atom stereocenters. The maximum absolute atomic E-state index is 12.8. The predicted octanol–water partition coefficient (Wildman–Crippen LogP) is 4.93. The summed E-state index contributed by atoms with van der Waals surface area (Å²) >= 11 is 0. The monoisotopic (exact) mass is 456 g/mol. The second-order valence-corrected chi connectivity index (χ2v) is 7.58. The summed E-state index contributed by atoms with van der Waals surface area (Å²) in [5.41, 5.74) is 8.58. The molecule has 172 valence electrons. The van der Waals surface area contributed by atoms with Crippen LogP contribution in [0.3, 0.4) is 0 Å². The molecular weight excluding hydrogens is 432 g/mol. The molecule has 34 heavy (non-hydrogen) atoms. The molecule has 0 aliphatic carbocycles. The lowest BCUT2D eigenvalue weighted by atomic mass is 10.1. The van der Waals surface area contributed by atoms with E-state index in [-0.39, 0.29) is 12.5 Å². The molecule has 7 heteroatoms. The molecule has 3 aromatic carbocycles. The van der Waals surface area contributed by atoms with Crippen molar-refractivity contribution in [3.05, 3.63) is 119 Å². The lowest BCUT2D eigenvalue weighted by Crippen LogP contribution is -2.14. The summed E-state index contributed by atoms with van der Waals surface area (Å²) in [4.78, 5) is 24.4. The lowest BCUT2D eigenvalue weighted by molar-refractivity contribution is 0.0929. The maximum Gasteiger partial charge on any atom is 0.255 e. The van der Waals surface area contributed by atoms with Crippen molar-refractivity contribution in [1.29, 1.82) is 0 Å². The van der Waals surface area contributed by atoms with Crippen LogP contribution in [-0.4, -0.2) is 11.8 Å². The molecular formula is C27H24N2O5. The van der Waals surface area contributed by atoms with Gasteiger partial charge in [0.25, 0.3) is 11.8 Å². The Balaban J connectivity index is 1.35. The number of anilines is 1. The molecule has 4 rings (SSSR count). The van der Waals surface area contributed by atoms with Gasteiger partial charge in [0.05, 0.1) is 18.4 Å². The Bertz CT molecular complexity index is 1270. The van der Waals surface area contributed by atoms with Gasteiger partial charge in [-0.1, -0.05) is 36.4 Å². The van der Waals surface area contributed by atoms with Gasteiger partial charge in [-0.2, -0.15) is 0 Å². The number of rotatable bonds is 10. The second kappa shape index (κ2) is 11.0. The molecule has 0 spiro atoms. The van der Waals surface area contributed by atoms with Crippen molar-refractivity contribution in [1.82, 2.24) is 0 Å². The normalized spacial score (nSPS) is 10.6. The van der Waals surface area contributed by atoms with E-state index in [4.69, 9.17) is 19.6 Å². The van der Waals surface area contributed by atoms with Crippen molar-refractivity contribution >= 4 is 17.5 Å². The number of nitrogens with one attached hydrogen (secondary N) is 1. The predicted molar refractivity (Wildman–Crippen MR) is 127 cm³/mol. The first kappa shape index (κ1) is 22.8. The van der Waals surface area contributed by atoms with Crippen molar-refractivity contribution in [3.8, 4) is 5.75 Å². The summed E-state index contributed by atoms with van der Waals surface area (Å²) in [6.45, 7) is 0.959. The molecule has 4 aromatic rings. The van der Waals surface area contributed by atoms with Crippen LogP contribution in [0.1, 0.15) is 37.6 Å². The van der Waals surface area contributed by atoms with Crippen molar-refractivity contribution in [2.75, 3.05) is 5.32 Å². The third-order valence-electron chi connectivity index (χ3n) is 5.01. The Morgan fingerprint density at radius 1 is 0.824 bits per heavy atom. The molecule has 1 aromatic heterocycles. The van der Waals surface area contributed by atoms with Crippen LogP contribution in [0.4, 0.5) is 5.69 Å². The number of carbonyl (C=O) groups excluding carboxylic acids is 2. The van der Waals surface area contributed by atoms with Gasteiger partial charge >= 0.3 is 0 Å². The van der Waals surface area contributed by atoms with Gasteiger partial charge in [-0.15, -0.1) is 0 Å². The highest BCUT2D eigenvalue weighted by Gasteiger charge is 2.11. The first-order valence-corrected chi connectivity index (χ1v) is 10.7. The minimum absolute atomic E-state index is 0.188. The maximum atomic E-state index is 12.8. The summed E-state index contributed by atoms with van der Waals surface area (Å²) in [5.74, 6) is 0.354. The quantitative estimate of drug-likeness (QED) is 0.352. The molecule has 0 radical (unpaired) electrons. The van der Waals surface area contributed by atoms with Crippen molar-refractivity contribution < 1.29 is 23.5 Å². The van der Waals surface area contributed by atoms with Crippen LogP contribution in [0, 0.1) is 0 Å². The standard InChI is InChI=1S/C27H24N2O5/c28-26(30)24-11-1-2-12-25(24)34-17-19-6-3-8-21(14-19)27(31)29-22-9-4-7-20(15-22)16-32-18-23-10-5-13-33-23/h1-15H,16-18H2,(H2,28,30)(H,29,31). The van der Waals surface area contributed by atoms with E-state index in [1.54, 1.807) is 48.7 Å². The molecule has 0 unspecified atom stereocenters. The number of furan rings is 1. The number of benzene rings is 3. The number of ether oxygens (including phenoxy) is 2. The Morgan fingerprint density at radius 2 is 1.62 bits per heavy atom. The van der Waals surface area contributed by atoms with Crippen molar-refractivity contribution in [3.63, 3.8) is 0 Å². The van der Waals surface area contributed by atoms with E-state index in [1.807, 2.05) is 42.5 Å². The average Bonchev–Trinajstić information content (AvgIpc) is 3.37. The van der Waals surface area contributed by atoms with Gasteiger partial charge in [-0.25, -0.2) is 0 Å². The number of nitrogens with two attached hydrogens (primary N) is 1. The fourth-order valence-electron chi connectivity index (χ4n) is 3.37. The number of para-hydroxylation sites is 1. The van der Waals surface area contributed by atoms with Gasteiger partial charge in [0.2, 0.25) is 0 Å². The SMILES string of the molecule is NC(=O)c1ccccc1OCc1cccc(C(=O)Nc2cccc(COCc3ccco3)c2)c1. The summed E-state index contributed by atoms with van der Waals surface area (Å²) in [6, 6.07) is 25.0. The van der Waals surface area contributed by atoms with Crippen LogP contribution in [0.5, 0.6) is 5.75 Å². The van der Waals surface area contributed by atoms with E-state index in [2.05, 4.69) is 5.32 Å². The summed E-state index contributed by atoms with van der Waals surface area (Å²) in [6.07, 6.45) is 1.61. The summed E-state index contributed by atoms with van der Waals surface area (Å²) < 4.78 is 16.7. The third kappa shape index (κ3) is 6.11. The van der Waals surface area contributed by atoms with Crippen LogP contribution < -0.4 is 15.8 Å². The Labute approximate surface area is 197 Å². The van der Waals surface area contributed by atoms with Gasteiger partial charge in [-0.3, -0.25) is 9.59 Å². The van der Waals surface area contributed by atoms with E-state index in [1.165, 1.54) is 0 Å². The average molecular weight is 456 g/mol. The topological polar surface area (TPSA) is 104 Å². The highest BCUT2D eigenvalue weighted by Crippen LogP contribution is 2.20. The largest absolute Gasteiger partial charge is 0.488 e. The van der Waals surface area contributed by atoms with Gasteiger partial charge in [0.1, 0.15) is 24.7 Å². The lowest BCUT2D eigenvalue weighted by Gasteiger charge is -2.11. The number of hydrogen-bond donors (Lipinski definition) is 2. The Morgan fingerprint density at radius 3 is 2.41 bits per heavy atom. The molecule has 0 bridgehead atoms. The van der Waals surface area contributed by atoms with Gasteiger partial charge in [-0.05, 0) is 59.7 Å². The molecule has 0 saturated carbocycles. The van der Waals surface area contributed by atoms with Crippen LogP contribution in [0.2, 0.25) is 0 Å². The van der Waals surface area contributed by atoms with Crippen LogP contribution in [-0.2, 0) is 24.6 Å². The fourth-order valence-corrected chi connectivity index (χ4v) is 3.37. The highest BCUT2D eigenvalue weighted by atomic mass is 16.5. The smallest absolute Gasteiger partial charge is 0.255 e. The first-order chi connectivity index (χ1) is 16.6. The van der Waals surface area contributed by atoms with Crippen LogP contribution >= 0.6 is 0 Å². The molecule has 1 heterocycles. The van der Waals surface area contributed by atoms with Crippen molar-refractivity contribution in [2.24, 2.45) is 5.73 Å². The minimum atomic E-state index is -0.558. The molecule has 3 N–H and O–H groups in total. The molecule has 0 saturated heterocycles. The molecule has 2 amide bonds. The number of amides is 2. The molecule has 0 fully saturated rings. The number of hydrogen-bond acceptors (Lipinski definition) is 5. The van der Waals surface area contributed by atoms with Gasteiger partial charge in [0, 0.05) is 11.3 Å². The number of carbonyl (C=O) groups is 2. The van der Waals surface area contributed by atoms with E-state index >= 15 is 0 Å². The van der Waals surface area contributed by atoms with Gasteiger partial charge < -0.3 is 24.9 Å². The van der Waals surface area contributed by atoms with E-state index < -0.39 is 5.91 Å². The zero-order valence-corrected chi connectivity index (χ0v) is 18.4. The van der Waals surface area contributed by atoms with E-state index in [0.717, 1.165) is 16.9 Å². The zero-order chi connectivity index (χ0) is 23.8. The second-order valence-electron chi connectivity index (χ2n) is 7.58. The number of primary amides is 1. The first-order valence-electron chi connectivity index (χ1n) is 10.7. The highest BCUT2D eigenvalue weighted by molar-refractivity contribution is 6.04.